The fourth-order valence-electron chi connectivity index (χ4n) is 1.02. The lowest BCUT2D eigenvalue weighted by Gasteiger charge is -2.04. The van der Waals surface area contributed by atoms with Gasteiger partial charge in [-0.2, -0.15) is 5.26 Å². The molecule has 4 nitrogen and oxygen atoms in total. The van der Waals surface area contributed by atoms with Crippen molar-refractivity contribution in [1.29, 1.82) is 5.26 Å². The Kier molecular flexibility index (Phi) is 9.23. The molecule has 0 fully saturated rings. The van der Waals surface area contributed by atoms with E-state index in [-0.39, 0.29) is 5.91 Å². The summed E-state index contributed by atoms with van der Waals surface area (Å²) >= 11 is 0. The molecule has 80 valence electrons. The summed E-state index contributed by atoms with van der Waals surface area (Å²) in [5, 5.41) is 13.9. The Bertz CT molecular complexity index is 186. The Morgan fingerprint density at radius 2 is 2.14 bits per heavy atom. The number of nitrogens with one attached hydrogen (secondary N) is 2. The van der Waals surface area contributed by atoms with Gasteiger partial charge in [-0.05, 0) is 13.0 Å². The maximum Gasteiger partial charge on any atom is 0.233 e. The lowest BCUT2D eigenvalue weighted by atomic mass is 10.2. The first-order valence-corrected chi connectivity index (χ1v) is 5.15. The summed E-state index contributed by atoms with van der Waals surface area (Å²) in [4.78, 5) is 11.1. The van der Waals surface area contributed by atoms with Crippen molar-refractivity contribution in [3.63, 3.8) is 0 Å². The molecule has 2 N–H and O–H groups in total. The number of carbonyl (C=O) groups is 1. The van der Waals surface area contributed by atoms with Crippen LogP contribution in [0.15, 0.2) is 0 Å². The van der Waals surface area contributed by atoms with Gasteiger partial charge in [0, 0.05) is 6.54 Å². The molecule has 0 saturated carbocycles. The zero-order chi connectivity index (χ0) is 10.6. The van der Waals surface area contributed by atoms with Crippen molar-refractivity contribution in [2.24, 2.45) is 0 Å². The van der Waals surface area contributed by atoms with Crippen molar-refractivity contribution in [3.8, 4) is 6.07 Å². The molecule has 0 radical (unpaired) electrons. The molecule has 0 unspecified atom stereocenters. The van der Waals surface area contributed by atoms with E-state index in [1.807, 2.05) is 6.07 Å². The quantitative estimate of drug-likeness (QED) is 0.566. The van der Waals surface area contributed by atoms with Crippen LogP contribution in [0.3, 0.4) is 0 Å². The number of rotatable bonds is 8. The van der Waals surface area contributed by atoms with E-state index in [1.54, 1.807) is 0 Å². The maximum absolute atomic E-state index is 11.1. The minimum Gasteiger partial charge on any atom is -0.354 e. The molecule has 4 heteroatoms. The fourth-order valence-corrected chi connectivity index (χ4v) is 1.02. The largest absolute Gasteiger partial charge is 0.354 e. The van der Waals surface area contributed by atoms with Crippen molar-refractivity contribution in [2.75, 3.05) is 19.6 Å². The SMILES string of the molecule is CCCCCNCC(=O)NCCC#N. The van der Waals surface area contributed by atoms with Crippen LogP contribution in [0.1, 0.15) is 32.6 Å². The van der Waals surface area contributed by atoms with Crippen LogP contribution in [-0.2, 0) is 4.79 Å². The monoisotopic (exact) mass is 197 g/mol. The normalized spacial score (nSPS) is 9.43. The van der Waals surface area contributed by atoms with Crippen molar-refractivity contribution < 1.29 is 4.79 Å². The van der Waals surface area contributed by atoms with Crippen LogP contribution < -0.4 is 10.6 Å². The van der Waals surface area contributed by atoms with Gasteiger partial charge in [0.25, 0.3) is 0 Å². The molecular weight excluding hydrogens is 178 g/mol. The molecule has 0 atom stereocenters. The summed E-state index contributed by atoms with van der Waals surface area (Å²) in [6, 6.07) is 1.97. The summed E-state index contributed by atoms with van der Waals surface area (Å²) in [5.74, 6) is -0.0308. The Morgan fingerprint density at radius 3 is 2.79 bits per heavy atom. The average Bonchev–Trinajstić information content (AvgIpc) is 2.18. The molecule has 0 spiro atoms. The van der Waals surface area contributed by atoms with Crippen molar-refractivity contribution >= 4 is 5.91 Å². The number of amides is 1. The van der Waals surface area contributed by atoms with Crippen molar-refractivity contribution in [1.82, 2.24) is 10.6 Å². The van der Waals surface area contributed by atoms with Gasteiger partial charge in [-0.3, -0.25) is 4.79 Å². The summed E-state index contributed by atoms with van der Waals surface area (Å²) < 4.78 is 0. The van der Waals surface area contributed by atoms with E-state index in [0.29, 0.717) is 19.5 Å². The van der Waals surface area contributed by atoms with Crippen LogP contribution in [0.25, 0.3) is 0 Å². The van der Waals surface area contributed by atoms with Gasteiger partial charge in [-0.15, -0.1) is 0 Å². The minimum atomic E-state index is -0.0308. The number of unbranched alkanes of at least 4 members (excludes halogenated alkanes) is 2. The second-order valence-electron chi connectivity index (χ2n) is 3.14. The van der Waals surface area contributed by atoms with Crippen LogP contribution in [0.2, 0.25) is 0 Å². The first-order valence-electron chi connectivity index (χ1n) is 5.15. The Labute approximate surface area is 85.7 Å². The zero-order valence-electron chi connectivity index (χ0n) is 8.81. The van der Waals surface area contributed by atoms with Crippen molar-refractivity contribution in [2.45, 2.75) is 32.6 Å². The van der Waals surface area contributed by atoms with E-state index in [2.05, 4.69) is 17.6 Å². The van der Waals surface area contributed by atoms with Crippen LogP contribution in [-0.4, -0.2) is 25.5 Å². The van der Waals surface area contributed by atoms with Crippen molar-refractivity contribution in [3.05, 3.63) is 0 Å². The van der Waals surface area contributed by atoms with E-state index >= 15 is 0 Å². The van der Waals surface area contributed by atoms with Crippen LogP contribution in [0, 0.1) is 11.3 Å². The molecular formula is C10H19N3O. The predicted octanol–water partition coefficient (Wildman–Crippen LogP) is 0.796. The average molecular weight is 197 g/mol. The molecule has 0 aliphatic rings. The van der Waals surface area contributed by atoms with Gasteiger partial charge < -0.3 is 10.6 Å². The molecule has 0 aliphatic heterocycles. The highest BCUT2D eigenvalue weighted by Crippen LogP contribution is 1.90. The first kappa shape index (κ1) is 12.9. The molecule has 0 bridgehead atoms. The van der Waals surface area contributed by atoms with Gasteiger partial charge in [0.15, 0.2) is 0 Å². The summed E-state index contributed by atoms with van der Waals surface area (Å²) in [5.41, 5.74) is 0. The second kappa shape index (κ2) is 10.0. The molecule has 0 aliphatic carbocycles. The molecule has 0 rings (SSSR count). The molecule has 0 heterocycles. The van der Waals surface area contributed by atoms with Gasteiger partial charge in [0.1, 0.15) is 0 Å². The minimum absolute atomic E-state index is 0.0308. The Balaban J connectivity index is 3.15. The van der Waals surface area contributed by atoms with Crippen LogP contribution >= 0.6 is 0 Å². The number of carbonyl (C=O) groups excluding carboxylic acids is 1. The molecule has 0 aromatic heterocycles. The number of hydrogen-bond donors (Lipinski definition) is 2. The number of nitrogens with zero attached hydrogens (tertiary/aromatic N) is 1. The van der Waals surface area contributed by atoms with E-state index in [4.69, 9.17) is 5.26 Å². The Morgan fingerprint density at radius 1 is 1.36 bits per heavy atom. The smallest absolute Gasteiger partial charge is 0.233 e. The van der Waals surface area contributed by atoms with Gasteiger partial charge >= 0.3 is 0 Å². The maximum atomic E-state index is 11.1. The summed E-state index contributed by atoms with van der Waals surface area (Å²) in [7, 11) is 0. The van der Waals surface area contributed by atoms with E-state index in [0.717, 1.165) is 13.0 Å². The number of nitriles is 1. The number of hydrogen-bond acceptors (Lipinski definition) is 3. The third-order valence-corrected chi connectivity index (χ3v) is 1.80. The summed E-state index contributed by atoms with van der Waals surface area (Å²) in [6.45, 7) is 3.84. The van der Waals surface area contributed by atoms with Gasteiger partial charge in [0.05, 0.1) is 19.0 Å². The zero-order valence-corrected chi connectivity index (χ0v) is 8.81. The lowest BCUT2D eigenvalue weighted by molar-refractivity contribution is -0.120. The molecule has 0 aromatic carbocycles. The van der Waals surface area contributed by atoms with Crippen LogP contribution in [0.4, 0.5) is 0 Å². The van der Waals surface area contributed by atoms with E-state index < -0.39 is 0 Å². The lowest BCUT2D eigenvalue weighted by Crippen LogP contribution is -2.34. The molecule has 0 aromatic rings. The highest BCUT2D eigenvalue weighted by molar-refractivity contribution is 5.77. The third kappa shape index (κ3) is 9.01. The highest BCUT2D eigenvalue weighted by atomic mass is 16.1. The standard InChI is InChI=1S/C10H19N3O/c1-2-3-4-7-12-9-10(14)13-8-5-6-11/h12H,2-5,7-9H2,1H3,(H,13,14). The first-order chi connectivity index (χ1) is 6.81. The van der Waals surface area contributed by atoms with Gasteiger partial charge in [-0.1, -0.05) is 19.8 Å². The van der Waals surface area contributed by atoms with E-state index in [9.17, 15) is 4.79 Å². The van der Waals surface area contributed by atoms with Crippen LogP contribution in [0.5, 0.6) is 0 Å². The third-order valence-electron chi connectivity index (χ3n) is 1.80. The molecule has 0 saturated heterocycles. The summed E-state index contributed by atoms with van der Waals surface area (Å²) in [6.07, 6.45) is 3.88. The fraction of sp³-hybridized carbons (Fsp3) is 0.800. The molecule has 14 heavy (non-hydrogen) atoms. The highest BCUT2D eigenvalue weighted by Gasteiger charge is 1.97. The van der Waals surface area contributed by atoms with E-state index in [1.165, 1.54) is 12.8 Å². The topological polar surface area (TPSA) is 64.9 Å². The van der Waals surface area contributed by atoms with Gasteiger partial charge in [-0.25, -0.2) is 0 Å². The predicted molar refractivity (Wildman–Crippen MR) is 55.6 cm³/mol. The van der Waals surface area contributed by atoms with Gasteiger partial charge in [0.2, 0.25) is 5.91 Å². The Hall–Kier alpha value is -1.08. The molecule has 1 amide bonds. The second-order valence-corrected chi connectivity index (χ2v) is 3.14.